The van der Waals surface area contributed by atoms with E-state index in [2.05, 4.69) is 36.5 Å². The smallest absolute Gasteiger partial charge is 0.238 e. The van der Waals surface area contributed by atoms with E-state index in [1.54, 1.807) is 0 Å². The van der Waals surface area contributed by atoms with Crippen molar-refractivity contribution >= 4 is 5.91 Å². The van der Waals surface area contributed by atoms with E-state index < -0.39 is 0 Å². The van der Waals surface area contributed by atoms with E-state index in [-0.39, 0.29) is 12.1 Å². The third-order valence-electron chi connectivity index (χ3n) is 3.87. The molecule has 0 radical (unpaired) electrons. The lowest BCUT2D eigenvalue weighted by atomic mass is 9.90. The van der Waals surface area contributed by atoms with Gasteiger partial charge in [-0.05, 0) is 31.7 Å². The van der Waals surface area contributed by atoms with Crippen LogP contribution in [-0.4, -0.2) is 23.4 Å². The number of hydrogen-bond acceptors (Lipinski definition) is 2. The molecule has 0 spiro atoms. The van der Waals surface area contributed by atoms with Crippen molar-refractivity contribution in [3.05, 3.63) is 35.4 Å². The molecular weight excluding hydrogens is 212 g/mol. The quantitative estimate of drug-likeness (QED) is 0.842. The van der Waals surface area contributed by atoms with Crippen LogP contribution in [0.2, 0.25) is 0 Å². The molecule has 3 heteroatoms. The highest BCUT2D eigenvalue weighted by molar-refractivity contribution is 5.81. The molecular formula is C14H18N2O. The number of aryl methyl sites for hydroxylation is 1. The van der Waals surface area contributed by atoms with E-state index in [9.17, 15) is 4.79 Å². The van der Waals surface area contributed by atoms with Crippen LogP contribution in [0.3, 0.4) is 0 Å². The van der Waals surface area contributed by atoms with E-state index in [1.165, 1.54) is 17.5 Å². The standard InChI is InChI=1S/C14H18N2O/c1-10-5-7-11(8-6-10)14-15-9-13(17)16(14)12-3-2-4-12/h5-8,12,14-15H,2-4,9H2,1H3. The van der Waals surface area contributed by atoms with Crippen molar-refractivity contribution in [1.82, 2.24) is 10.2 Å². The minimum atomic E-state index is 0.0911. The largest absolute Gasteiger partial charge is 0.319 e. The van der Waals surface area contributed by atoms with Crippen molar-refractivity contribution in [3.8, 4) is 0 Å². The summed E-state index contributed by atoms with van der Waals surface area (Å²) in [6.07, 6.45) is 3.68. The molecule has 1 amide bonds. The Hall–Kier alpha value is -1.35. The van der Waals surface area contributed by atoms with Gasteiger partial charge in [-0.25, -0.2) is 0 Å². The summed E-state index contributed by atoms with van der Waals surface area (Å²) >= 11 is 0. The molecule has 1 unspecified atom stereocenters. The Morgan fingerprint density at radius 3 is 2.53 bits per heavy atom. The first kappa shape index (κ1) is 10.8. The van der Waals surface area contributed by atoms with Gasteiger partial charge in [0, 0.05) is 6.04 Å². The number of hydrogen-bond donors (Lipinski definition) is 1. The predicted octanol–water partition coefficient (Wildman–Crippen LogP) is 1.98. The molecule has 1 aliphatic heterocycles. The van der Waals surface area contributed by atoms with Gasteiger partial charge in [0.15, 0.2) is 0 Å². The van der Waals surface area contributed by atoms with Gasteiger partial charge in [-0.3, -0.25) is 10.1 Å². The average Bonchev–Trinajstić information content (AvgIpc) is 2.61. The van der Waals surface area contributed by atoms with Crippen LogP contribution in [0.5, 0.6) is 0 Å². The average molecular weight is 230 g/mol. The van der Waals surface area contributed by atoms with Crippen molar-refractivity contribution in [1.29, 1.82) is 0 Å². The number of carbonyl (C=O) groups excluding carboxylic acids is 1. The van der Waals surface area contributed by atoms with E-state index in [0.29, 0.717) is 12.6 Å². The van der Waals surface area contributed by atoms with Crippen LogP contribution < -0.4 is 5.32 Å². The van der Waals surface area contributed by atoms with Crippen molar-refractivity contribution in [2.24, 2.45) is 0 Å². The highest BCUT2D eigenvalue weighted by Gasteiger charge is 2.38. The summed E-state index contributed by atoms with van der Waals surface area (Å²) in [5.74, 6) is 0.250. The fraction of sp³-hybridized carbons (Fsp3) is 0.500. The van der Waals surface area contributed by atoms with Gasteiger partial charge in [-0.2, -0.15) is 0 Å². The number of amides is 1. The van der Waals surface area contributed by atoms with Gasteiger partial charge in [0.05, 0.1) is 6.54 Å². The van der Waals surface area contributed by atoms with Crippen molar-refractivity contribution in [3.63, 3.8) is 0 Å². The van der Waals surface area contributed by atoms with Gasteiger partial charge in [0.2, 0.25) is 5.91 Å². The van der Waals surface area contributed by atoms with Crippen molar-refractivity contribution in [2.75, 3.05) is 6.54 Å². The molecule has 17 heavy (non-hydrogen) atoms. The van der Waals surface area contributed by atoms with Crippen molar-refractivity contribution in [2.45, 2.75) is 38.4 Å². The number of benzene rings is 1. The van der Waals surface area contributed by atoms with Crippen LogP contribution >= 0.6 is 0 Å². The maximum Gasteiger partial charge on any atom is 0.238 e. The molecule has 1 aromatic rings. The van der Waals surface area contributed by atoms with Crippen LogP contribution in [0.1, 0.15) is 36.6 Å². The Kier molecular flexibility index (Phi) is 2.63. The van der Waals surface area contributed by atoms with E-state index in [0.717, 1.165) is 12.8 Å². The number of nitrogens with zero attached hydrogens (tertiary/aromatic N) is 1. The first-order chi connectivity index (χ1) is 8.25. The van der Waals surface area contributed by atoms with Crippen molar-refractivity contribution < 1.29 is 4.79 Å². The molecule has 2 aliphatic rings. The monoisotopic (exact) mass is 230 g/mol. The summed E-state index contributed by atoms with van der Waals surface area (Å²) in [6.45, 7) is 2.57. The lowest BCUT2D eigenvalue weighted by Gasteiger charge is -2.38. The van der Waals surface area contributed by atoms with Gasteiger partial charge in [-0.15, -0.1) is 0 Å². The Balaban J connectivity index is 1.85. The molecule has 1 N–H and O–H groups in total. The highest BCUT2D eigenvalue weighted by atomic mass is 16.2. The van der Waals surface area contributed by atoms with Gasteiger partial charge < -0.3 is 4.90 Å². The van der Waals surface area contributed by atoms with E-state index in [1.807, 2.05) is 4.90 Å². The lowest BCUT2D eigenvalue weighted by Crippen LogP contribution is -2.43. The number of nitrogens with one attached hydrogen (secondary N) is 1. The second-order valence-corrected chi connectivity index (χ2v) is 5.08. The molecule has 1 aliphatic carbocycles. The van der Waals surface area contributed by atoms with Crippen LogP contribution in [0, 0.1) is 6.92 Å². The zero-order chi connectivity index (χ0) is 11.8. The maximum atomic E-state index is 11.9. The van der Waals surface area contributed by atoms with Crippen LogP contribution in [0.25, 0.3) is 0 Å². The molecule has 0 aromatic heterocycles. The summed E-state index contributed by atoms with van der Waals surface area (Å²) in [5.41, 5.74) is 2.46. The summed E-state index contributed by atoms with van der Waals surface area (Å²) in [6, 6.07) is 8.93. The van der Waals surface area contributed by atoms with Gasteiger partial charge in [-0.1, -0.05) is 29.8 Å². The summed E-state index contributed by atoms with van der Waals surface area (Å²) in [5, 5.41) is 3.32. The maximum absolute atomic E-state index is 11.9. The fourth-order valence-electron chi connectivity index (χ4n) is 2.62. The number of rotatable bonds is 2. The Morgan fingerprint density at radius 1 is 1.24 bits per heavy atom. The second kappa shape index (κ2) is 4.15. The molecule has 1 saturated heterocycles. The minimum absolute atomic E-state index is 0.0911. The van der Waals surface area contributed by atoms with Gasteiger partial charge in [0.25, 0.3) is 0 Å². The second-order valence-electron chi connectivity index (χ2n) is 5.08. The minimum Gasteiger partial charge on any atom is -0.319 e. The zero-order valence-electron chi connectivity index (χ0n) is 10.1. The van der Waals surface area contributed by atoms with Crippen LogP contribution in [0.15, 0.2) is 24.3 Å². The van der Waals surface area contributed by atoms with Gasteiger partial charge >= 0.3 is 0 Å². The Bertz CT molecular complexity index is 422. The molecule has 1 saturated carbocycles. The SMILES string of the molecule is Cc1ccc(C2NCC(=O)N2C2CCC2)cc1. The lowest BCUT2D eigenvalue weighted by molar-refractivity contribution is -0.132. The predicted molar refractivity (Wildman–Crippen MR) is 66.4 cm³/mol. The molecule has 1 atom stereocenters. The topological polar surface area (TPSA) is 32.3 Å². The first-order valence-electron chi connectivity index (χ1n) is 6.37. The number of carbonyl (C=O) groups is 1. The third-order valence-corrected chi connectivity index (χ3v) is 3.87. The molecule has 1 aromatic carbocycles. The molecule has 3 rings (SSSR count). The van der Waals surface area contributed by atoms with E-state index in [4.69, 9.17) is 0 Å². The normalized spacial score (nSPS) is 25.1. The Labute approximate surface area is 102 Å². The summed E-state index contributed by atoms with van der Waals surface area (Å²) in [4.78, 5) is 14.0. The molecule has 0 bridgehead atoms. The van der Waals surface area contributed by atoms with E-state index >= 15 is 0 Å². The Morgan fingerprint density at radius 2 is 1.94 bits per heavy atom. The summed E-state index contributed by atoms with van der Waals surface area (Å²) in [7, 11) is 0. The molecule has 2 fully saturated rings. The van der Waals surface area contributed by atoms with Crippen LogP contribution in [-0.2, 0) is 4.79 Å². The summed E-state index contributed by atoms with van der Waals surface area (Å²) < 4.78 is 0. The molecule has 1 heterocycles. The fourth-order valence-corrected chi connectivity index (χ4v) is 2.62. The molecule has 3 nitrogen and oxygen atoms in total. The highest BCUT2D eigenvalue weighted by Crippen LogP contribution is 2.33. The first-order valence-corrected chi connectivity index (χ1v) is 6.37. The third kappa shape index (κ3) is 1.84. The van der Waals surface area contributed by atoms with Crippen LogP contribution in [0.4, 0.5) is 0 Å². The molecule has 90 valence electrons. The van der Waals surface area contributed by atoms with Gasteiger partial charge in [0.1, 0.15) is 6.17 Å². The zero-order valence-corrected chi connectivity index (χ0v) is 10.1.